The smallest absolute Gasteiger partial charge is 0.434 e. The van der Waals surface area contributed by atoms with E-state index in [9.17, 15) is 9.59 Å². The molecule has 0 heterocycles. The van der Waals surface area contributed by atoms with Crippen molar-refractivity contribution < 1.29 is 28.5 Å². The predicted molar refractivity (Wildman–Crippen MR) is 79.2 cm³/mol. The predicted octanol–water partition coefficient (Wildman–Crippen LogP) is 3.91. The molecule has 0 unspecified atom stereocenters. The first-order valence-electron chi connectivity index (χ1n) is 6.86. The zero-order chi connectivity index (χ0) is 15.9. The number of carbonyl (C=O) groups is 2. The maximum Gasteiger partial charge on any atom is 0.513 e. The van der Waals surface area contributed by atoms with E-state index in [0.717, 1.165) is 10.8 Å². The van der Waals surface area contributed by atoms with E-state index < -0.39 is 12.3 Å². The van der Waals surface area contributed by atoms with E-state index in [0.29, 0.717) is 0 Å². The number of hydrogen-bond acceptors (Lipinski definition) is 6. The number of carbonyl (C=O) groups excluding carboxylic acids is 2. The summed E-state index contributed by atoms with van der Waals surface area (Å²) in [5.74, 6) is 0.176. The molecule has 0 amide bonds. The van der Waals surface area contributed by atoms with Crippen LogP contribution < -0.4 is 9.47 Å². The molecule has 0 aliphatic carbocycles. The second kappa shape index (κ2) is 7.31. The van der Waals surface area contributed by atoms with Crippen LogP contribution in [0.2, 0.25) is 0 Å². The summed E-state index contributed by atoms with van der Waals surface area (Å²) in [6, 6.07) is 10.6. The van der Waals surface area contributed by atoms with Crippen molar-refractivity contribution >= 4 is 23.1 Å². The topological polar surface area (TPSA) is 71.1 Å². The minimum absolute atomic E-state index is 0.0882. The maximum absolute atomic E-state index is 11.5. The molecule has 116 valence electrons. The molecule has 0 aliphatic rings. The fourth-order valence-electron chi connectivity index (χ4n) is 1.83. The molecule has 0 radical (unpaired) electrons. The summed E-state index contributed by atoms with van der Waals surface area (Å²) in [4.78, 5) is 23.0. The van der Waals surface area contributed by atoms with Crippen molar-refractivity contribution in [3.8, 4) is 11.5 Å². The molecule has 6 nitrogen and oxygen atoms in total. The SMILES string of the molecule is CCOC(=O)Oc1cc2ccccc2cc1OC(=O)OCC. The molecule has 0 spiro atoms. The van der Waals surface area contributed by atoms with Crippen LogP contribution in [-0.2, 0) is 9.47 Å². The lowest BCUT2D eigenvalue weighted by Crippen LogP contribution is -2.14. The van der Waals surface area contributed by atoms with E-state index in [1.54, 1.807) is 26.0 Å². The molecule has 2 aromatic rings. The lowest BCUT2D eigenvalue weighted by atomic mass is 10.1. The Hall–Kier alpha value is -2.76. The molecule has 0 bridgehead atoms. The van der Waals surface area contributed by atoms with E-state index in [1.165, 1.54) is 0 Å². The zero-order valence-electron chi connectivity index (χ0n) is 12.3. The van der Waals surface area contributed by atoms with Gasteiger partial charge >= 0.3 is 12.3 Å². The summed E-state index contributed by atoms with van der Waals surface area (Å²) >= 11 is 0. The van der Waals surface area contributed by atoms with Gasteiger partial charge in [-0.15, -0.1) is 0 Å². The number of fused-ring (bicyclic) bond motifs is 1. The molecule has 0 aliphatic heterocycles. The molecule has 2 rings (SSSR count). The minimum Gasteiger partial charge on any atom is -0.434 e. The van der Waals surface area contributed by atoms with E-state index in [4.69, 9.17) is 18.9 Å². The lowest BCUT2D eigenvalue weighted by Gasteiger charge is -2.11. The fourth-order valence-corrected chi connectivity index (χ4v) is 1.83. The third kappa shape index (κ3) is 3.88. The largest absolute Gasteiger partial charge is 0.513 e. The fraction of sp³-hybridized carbons (Fsp3) is 0.250. The van der Waals surface area contributed by atoms with Crippen LogP contribution in [0.25, 0.3) is 10.8 Å². The number of hydrogen-bond donors (Lipinski definition) is 0. The second-order valence-corrected chi connectivity index (χ2v) is 4.22. The van der Waals surface area contributed by atoms with E-state index in [1.807, 2.05) is 24.3 Å². The first-order chi connectivity index (χ1) is 10.6. The highest BCUT2D eigenvalue weighted by Crippen LogP contribution is 2.33. The standard InChI is InChI=1S/C16H16O6/c1-3-19-15(17)21-13-9-11-7-5-6-8-12(11)10-14(13)22-16(18)20-4-2/h5-10H,3-4H2,1-2H3. The number of benzene rings is 2. The Morgan fingerprint density at radius 2 is 1.23 bits per heavy atom. The highest BCUT2D eigenvalue weighted by Gasteiger charge is 2.16. The normalized spacial score (nSPS) is 10.1. The van der Waals surface area contributed by atoms with Gasteiger partial charge in [0, 0.05) is 0 Å². The van der Waals surface area contributed by atoms with Crippen molar-refractivity contribution in [1.29, 1.82) is 0 Å². The molecule has 0 saturated heterocycles. The van der Waals surface area contributed by atoms with Crippen LogP contribution in [0, 0.1) is 0 Å². The molecule has 0 fully saturated rings. The Morgan fingerprint density at radius 1 is 0.818 bits per heavy atom. The van der Waals surface area contributed by atoms with Crippen molar-refractivity contribution in [2.24, 2.45) is 0 Å². The summed E-state index contributed by atoms with van der Waals surface area (Å²) in [6.07, 6.45) is -1.74. The first-order valence-corrected chi connectivity index (χ1v) is 6.86. The van der Waals surface area contributed by atoms with E-state index in [2.05, 4.69) is 0 Å². The van der Waals surface area contributed by atoms with Gasteiger partial charge in [0.25, 0.3) is 0 Å². The Labute approximate surface area is 127 Å². The van der Waals surface area contributed by atoms with E-state index >= 15 is 0 Å². The lowest BCUT2D eigenvalue weighted by molar-refractivity contribution is 0.0941. The van der Waals surface area contributed by atoms with Crippen molar-refractivity contribution in [3.63, 3.8) is 0 Å². The van der Waals surface area contributed by atoms with Crippen LogP contribution in [0.4, 0.5) is 9.59 Å². The minimum atomic E-state index is -0.869. The van der Waals surface area contributed by atoms with Crippen LogP contribution in [0.15, 0.2) is 36.4 Å². The molecule has 6 heteroatoms. The average molecular weight is 304 g/mol. The van der Waals surface area contributed by atoms with Gasteiger partial charge in [-0.1, -0.05) is 24.3 Å². The summed E-state index contributed by atoms with van der Waals surface area (Å²) in [5.41, 5.74) is 0. The summed E-state index contributed by atoms with van der Waals surface area (Å²) in [5, 5.41) is 1.66. The number of ether oxygens (including phenoxy) is 4. The highest BCUT2D eigenvalue weighted by molar-refractivity contribution is 5.87. The molecule has 0 N–H and O–H groups in total. The van der Waals surface area contributed by atoms with Gasteiger partial charge in [0.1, 0.15) is 0 Å². The van der Waals surface area contributed by atoms with Crippen molar-refractivity contribution in [2.45, 2.75) is 13.8 Å². The molecule has 0 atom stereocenters. The molecule has 22 heavy (non-hydrogen) atoms. The average Bonchev–Trinajstić information content (AvgIpc) is 2.48. The van der Waals surface area contributed by atoms with Gasteiger partial charge in [-0.2, -0.15) is 0 Å². The summed E-state index contributed by atoms with van der Waals surface area (Å²) in [6.45, 7) is 3.69. The molecule has 0 aromatic heterocycles. The Morgan fingerprint density at radius 3 is 1.59 bits per heavy atom. The Balaban J connectivity index is 2.36. The Kier molecular flexibility index (Phi) is 5.19. The quantitative estimate of drug-likeness (QED) is 0.630. The molecular weight excluding hydrogens is 288 g/mol. The van der Waals surface area contributed by atoms with E-state index in [-0.39, 0.29) is 24.7 Å². The molecular formula is C16H16O6. The summed E-state index contributed by atoms with van der Waals surface area (Å²) in [7, 11) is 0. The van der Waals surface area contributed by atoms with Crippen LogP contribution in [-0.4, -0.2) is 25.5 Å². The molecule has 2 aromatic carbocycles. The van der Waals surface area contributed by atoms with Crippen molar-refractivity contribution in [3.05, 3.63) is 36.4 Å². The van der Waals surface area contributed by atoms with Crippen LogP contribution in [0.3, 0.4) is 0 Å². The van der Waals surface area contributed by atoms with Gasteiger partial charge in [-0.25, -0.2) is 9.59 Å². The van der Waals surface area contributed by atoms with Gasteiger partial charge in [-0.05, 0) is 36.8 Å². The third-order valence-electron chi connectivity index (χ3n) is 2.72. The summed E-state index contributed by atoms with van der Waals surface area (Å²) < 4.78 is 19.6. The maximum atomic E-state index is 11.5. The van der Waals surface area contributed by atoms with Gasteiger partial charge in [-0.3, -0.25) is 0 Å². The van der Waals surface area contributed by atoms with Gasteiger partial charge in [0.2, 0.25) is 0 Å². The van der Waals surface area contributed by atoms with Gasteiger partial charge < -0.3 is 18.9 Å². The van der Waals surface area contributed by atoms with Gasteiger partial charge in [0.05, 0.1) is 13.2 Å². The van der Waals surface area contributed by atoms with Crippen molar-refractivity contribution in [1.82, 2.24) is 0 Å². The monoisotopic (exact) mass is 304 g/mol. The zero-order valence-corrected chi connectivity index (χ0v) is 12.3. The highest BCUT2D eigenvalue weighted by atomic mass is 16.7. The van der Waals surface area contributed by atoms with Gasteiger partial charge in [0.15, 0.2) is 11.5 Å². The number of rotatable bonds is 4. The first kappa shape index (κ1) is 15.6. The third-order valence-corrected chi connectivity index (χ3v) is 2.72. The van der Waals surface area contributed by atoms with Crippen LogP contribution in [0.1, 0.15) is 13.8 Å². The Bertz CT molecular complexity index is 621. The van der Waals surface area contributed by atoms with Crippen LogP contribution >= 0.6 is 0 Å². The molecule has 0 saturated carbocycles. The van der Waals surface area contributed by atoms with Crippen molar-refractivity contribution in [2.75, 3.05) is 13.2 Å². The van der Waals surface area contributed by atoms with Crippen LogP contribution in [0.5, 0.6) is 11.5 Å². The second-order valence-electron chi connectivity index (χ2n) is 4.22.